The van der Waals surface area contributed by atoms with E-state index >= 15 is 0 Å². The molecule has 3 aliphatic carbocycles. The van der Waals surface area contributed by atoms with Gasteiger partial charge in [-0.1, -0.05) is 27.7 Å². The van der Waals surface area contributed by atoms with Crippen LogP contribution >= 0.6 is 0 Å². The number of rotatable bonds is 2. The molecule has 1 fully saturated rings. The molecule has 4 unspecified atom stereocenters. The van der Waals surface area contributed by atoms with Gasteiger partial charge < -0.3 is 10.2 Å². The second-order valence-corrected chi connectivity index (χ2v) is 8.53. The summed E-state index contributed by atoms with van der Waals surface area (Å²) in [6.07, 6.45) is 3.47. The number of fused-ring (bicyclic) bond motifs is 2. The maximum absolute atomic E-state index is 12.9. The zero-order valence-corrected chi connectivity index (χ0v) is 15.1. The molecule has 4 heteroatoms. The fourth-order valence-corrected chi connectivity index (χ4v) is 5.36. The van der Waals surface area contributed by atoms with Crippen molar-refractivity contribution in [2.45, 2.75) is 59.5 Å². The van der Waals surface area contributed by atoms with E-state index in [1.54, 1.807) is 0 Å². The zero-order chi connectivity index (χ0) is 17.9. The number of Topliss-reactive ketones (excluding diaryl/α,β-unsaturated/α-hetero) is 1. The summed E-state index contributed by atoms with van der Waals surface area (Å²) in [6.45, 7) is 7.73. The number of hydrogen-bond acceptors (Lipinski definition) is 4. The summed E-state index contributed by atoms with van der Waals surface area (Å²) < 4.78 is 0. The van der Waals surface area contributed by atoms with Crippen molar-refractivity contribution < 1.29 is 19.8 Å². The Kier molecular flexibility index (Phi) is 4.12. The van der Waals surface area contributed by atoms with Crippen LogP contribution in [0.2, 0.25) is 0 Å². The van der Waals surface area contributed by atoms with Gasteiger partial charge in [-0.15, -0.1) is 0 Å². The van der Waals surface area contributed by atoms with Crippen molar-refractivity contribution in [2.75, 3.05) is 6.61 Å². The highest BCUT2D eigenvalue weighted by Gasteiger charge is 2.58. The Hall–Kier alpha value is -1.26. The molecule has 132 valence electrons. The highest BCUT2D eigenvalue weighted by Crippen LogP contribution is 2.60. The molecule has 0 aromatic carbocycles. The van der Waals surface area contributed by atoms with Crippen molar-refractivity contribution in [3.8, 4) is 0 Å². The smallest absolute Gasteiger partial charge is 0.185 e. The first kappa shape index (κ1) is 17.6. The Balaban J connectivity index is 2.11. The van der Waals surface area contributed by atoms with Gasteiger partial charge in [-0.25, -0.2) is 0 Å². The van der Waals surface area contributed by atoms with Crippen LogP contribution < -0.4 is 0 Å². The van der Waals surface area contributed by atoms with Gasteiger partial charge in [0.1, 0.15) is 0 Å². The predicted molar refractivity (Wildman–Crippen MR) is 91.2 cm³/mol. The Bertz CT molecular complexity index is 657. The number of ketones is 2. The van der Waals surface area contributed by atoms with Crippen LogP contribution in [0.25, 0.3) is 0 Å². The molecule has 0 aliphatic heterocycles. The van der Waals surface area contributed by atoms with Crippen LogP contribution in [-0.4, -0.2) is 34.5 Å². The SMILES string of the molecule is CC(C)C1=CC(=O)C2=C(CCC3C2(C)CCC(O)C3(C)CO)C1=O. The minimum Gasteiger partial charge on any atom is -0.396 e. The molecule has 2 N–H and O–H groups in total. The van der Waals surface area contributed by atoms with Crippen LogP contribution in [0.3, 0.4) is 0 Å². The standard InChI is InChI=1S/C20H28O4/c1-11(2)13-9-14(22)17-12(18(13)24)5-6-15-19(17,3)8-7-16(23)20(15,4)10-21/h9,11,15-16,21,23H,5-8,10H2,1-4H3. The Morgan fingerprint density at radius 1 is 1.25 bits per heavy atom. The largest absolute Gasteiger partial charge is 0.396 e. The summed E-state index contributed by atoms with van der Waals surface area (Å²) in [5.41, 5.74) is 0.871. The summed E-state index contributed by atoms with van der Waals surface area (Å²) in [5, 5.41) is 20.4. The molecule has 4 nitrogen and oxygen atoms in total. The molecule has 4 atom stereocenters. The Labute approximate surface area is 143 Å². The van der Waals surface area contributed by atoms with Gasteiger partial charge in [0.15, 0.2) is 11.6 Å². The highest BCUT2D eigenvalue weighted by molar-refractivity contribution is 6.23. The predicted octanol–water partition coefficient (Wildman–Crippen LogP) is 2.59. The summed E-state index contributed by atoms with van der Waals surface area (Å²) in [6, 6.07) is 0. The number of aliphatic hydroxyl groups excluding tert-OH is 2. The quantitative estimate of drug-likeness (QED) is 0.762. The van der Waals surface area contributed by atoms with Crippen LogP contribution in [0.1, 0.15) is 53.4 Å². The highest BCUT2D eigenvalue weighted by atomic mass is 16.3. The third kappa shape index (κ3) is 2.19. The molecule has 0 aromatic heterocycles. The van der Waals surface area contributed by atoms with Gasteiger partial charge in [-0.2, -0.15) is 0 Å². The Morgan fingerprint density at radius 3 is 2.50 bits per heavy atom. The minimum atomic E-state index is -0.628. The van der Waals surface area contributed by atoms with Crippen LogP contribution in [0.15, 0.2) is 22.8 Å². The van der Waals surface area contributed by atoms with Gasteiger partial charge in [0, 0.05) is 27.5 Å². The summed E-state index contributed by atoms with van der Waals surface area (Å²) >= 11 is 0. The maximum Gasteiger partial charge on any atom is 0.185 e. The molecule has 0 amide bonds. The van der Waals surface area contributed by atoms with Gasteiger partial charge >= 0.3 is 0 Å². The van der Waals surface area contributed by atoms with Crippen molar-refractivity contribution >= 4 is 11.6 Å². The summed E-state index contributed by atoms with van der Waals surface area (Å²) in [4.78, 5) is 25.8. The monoisotopic (exact) mass is 332 g/mol. The fourth-order valence-electron chi connectivity index (χ4n) is 5.36. The fraction of sp³-hybridized carbons (Fsp3) is 0.700. The van der Waals surface area contributed by atoms with Gasteiger partial charge in [0.25, 0.3) is 0 Å². The molecular weight excluding hydrogens is 304 g/mol. The van der Waals surface area contributed by atoms with Crippen molar-refractivity contribution in [2.24, 2.45) is 22.7 Å². The van der Waals surface area contributed by atoms with Crippen molar-refractivity contribution in [3.63, 3.8) is 0 Å². The first-order valence-corrected chi connectivity index (χ1v) is 9.00. The number of hydrogen-bond donors (Lipinski definition) is 2. The molecule has 0 bridgehead atoms. The van der Waals surface area contributed by atoms with Crippen LogP contribution in [0.5, 0.6) is 0 Å². The van der Waals surface area contributed by atoms with E-state index < -0.39 is 16.9 Å². The van der Waals surface area contributed by atoms with Gasteiger partial charge in [-0.3, -0.25) is 9.59 Å². The topological polar surface area (TPSA) is 74.6 Å². The first-order valence-electron chi connectivity index (χ1n) is 9.00. The Morgan fingerprint density at radius 2 is 1.92 bits per heavy atom. The maximum atomic E-state index is 12.9. The molecule has 1 saturated carbocycles. The van der Waals surface area contributed by atoms with Crippen molar-refractivity contribution in [1.29, 1.82) is 0 Å². The number of aliphatic hydroxyl groups is 2. The van der Waals surface area contributed by atoms with E-state index in [0.29, 0.717) is 36.0 Å². The summed E-state index contributed by atoms with van der Waals surface area (Å²) in [7, 11) is 0. The van der Waals surface area contributed by atoms with E-state index in [4.69, 9.17) is 0 Å². The van der Waals surface area contributed by atoms with E-state index in [0.717, 1.165) is 6.42 Å². The van der Waals surface area contributed by atoms with Gasteiger partial charge in [-0.05, 0) is 43.6 Å². The lowest BCUT2D eigenvalue weighted by atomic mass is 9.47. The van der Waals surface area contributed by atoms with Crippen LogP contribution in [0.4, 0.5) is 0 Å². The van der Waals surface area contributed by atoms with E-state index in [9.17, 15) is 19.8 Å². The average Bonchev–Trinajstić information content (AvgIpc) is 2.53. The van der Waals surface area contributed by atoms with E-state index in [-0.39, 0.29) is 30.0 Å². The number of allylic oxidation sites excluding steroid dienone is 4. The van der Waals surface area contributed by atoms with E-state index in [1.165, 1.54) is 6.08 Å². The minimum absolute atomic E-state index is 0.00301. The average molecular weight is 332 g/mol. The number of carbonyl (C=O) groups is 2. The molecule has 0 saturated heterocycles. The molecule has 0 heterocycles. The third-order valence-corrected chi connectivity index (χ3v) is 6.85. The van der Waals surface area contributed by atoms with Crippen LogP contribution in [-0.2, 0) is 9.59 Å². The molecule has 3 aliphatic rings. The molecular formula is C20H28O4. The lowest BCUT2D eigenvalue weighted by molar-refractivity contribution is -0.133. The normalized spacial score (nSPS) is 39.7. The first-order chi connectivity index (χ1) is 11.2. The van der Waals surface area contributed by atoms with E-state index in [2.05, 4.69) is 0 Å². The summed E-state index contributed by atoms with van der Waals surface area (Å²) in [5.74, 6) is 0.0217. The lowest BCUT2D eigenvalue weighted by Crippen LogP contribution is -2.56. The third-order valence-electron chi connectivity index (χ3n) is 6.85. The molecule has 3 rings (SSSR count). The van der Waals surface area contributed by atoms with Crippen LogP contribution in [0, 0.1) is 22.7 Å². The molecule has 0 radical (unpaired) electrons. The molecule has 0 aromatic rings. The van der Waals surface area contributed by atoms with E-state index in [1.807, 2.05) is 27.7 Å². The van der Waals surface area contributed by atoms with Gasteiger partial charge in [0.2, 0.25) is 0 Å². The lowest BCUT2D eigenvalue weighted by Gasteiger charge is -2.57. The van der Waals surface area contributed by atoms with Crippen molar-refractivity contribution in [1.82, 2.24) is 0 Å². The number of carbonyl (C=O) groups excluding carboxylic acids is 2. The van der Waals surface area contributed by atoms with Crippen molar-refractivity contribution in [3.05, 3.63) is 22.8 Å². The van der Waals surface area contributed by atoms with Gasteiger partial charge in [0.05, 0.1) is 12.7 Å². The second-order valence-electron chi connectivity index (χ2n) is 8.53. The molecule has 0 spiro atoms. The zero-order valence-electron chi connectivity index (χ0n) is 15.1. The molecule has 24 heavy (non-hydrogen) atoms. The second kappa shape index (κ2) is 5.63.